The van der Waals surface area contributed by atoms with Crippen molar-refractivity contribution in [2.45, 2.75) is 18.3 Å². The largest absolute Gasteiger partial charge is 0.361 e. The van der Waals surface area contributed by atoms with E-state index in [0.29, 0.717) is 5.02 Å². The van der Waals surface area contributed by atoms with Crippen molar-refractivity contribution in [3.05, 3.63) is 65.3 Å². The van der Waals surface area contributed by atoms with Crippen molar-refractivity contribution >= 4 is 34.1 Å². The molecule has 0 aliphatic heterocycles. The van der Waals surface area contributed by atoms with E-state index in [9.17, 15) is 4.79 Å². The molecule has 1 fully saturated rings. The van der Waals surface area contributed by atoms with Crippen molar-refractivity contribution < 1.29 is 4.79 Å². The van der Waals surface area contributed by atoms with E-state index in [-0.39, 0.29) is 5.91 Å². The Kier molecular flexibility index (Phi) is 2.98. The SMILES string of the molecule is O=C(Nc1cccc(Cl)c1)C1(c2c[nH]c3ccccc23)CC1. The number of aromatic amines is 1. The Balaban J connectivity index is 1.68. The van der Waals surface area contributed by atoms with Crippen LogP contribution in [0, 0.1) is 0 Å². The number of para-hydroxylation sites is 1. The Labute approximate surface area is 133 Å². The molecule has 0 bridgehead atoms. The third-order valence-electron chi connectivity index (χ3n) is 4.37. The topological polar surface area (TPSA) is 44.9 Å². The second-order valence-electron chi connectivity index (χ2n) is 5.79. The van der Waals surface area contributed by atoms with Crippen LogP contribution in [-0.4, -0.2) is 10.9 Å². The predicted octanol–water partition coefficient (Wildman–Crippen LogP) is 4.49. The molecule has 2 N–H and O–H groups in total. The second kappa shape index (κ2) is 4.89. The molecule has 110 valence electrons. The number of rotatable bonds is 3. The maximum absolute atomic E-state index is 12.8. The molecule has 2 aromatic carbocycles. The Morgan fingerprint density at radius 2 is 1.95 bits per heavy atom. The van der Waals surface area contributed by atoms with E-state index in [1.54, 1.807) is 12.1 Å². The minimum absolute atomic E-state index is 0.0412. The predicted molar refractivity (Wildman–Crippen MR) is 89.3 cm³/mol. The fourth-order valence-electron chi connectivity index (χ4n) is 3.03. The molecule has 1 aromatic heterocycles. The standard InChI is InChI=1S/C18H15ClN2O/c19-12-4-3-5-13(10-12)21-17(22)18(8-9-18)15-11-20-16-7-2-1-6-14(15)16/h1-7,10-11,20H,8-9H2,(H,21,22). The van der Waals surface area contributed by atoms with Gasteiger partial charge in [0.2, 0.25) is 5.91 Å². The molecule has 3 nitrogen and oxygen atoms in total. The molecule has 0 unspecified atom stereocenters. The molecule has 1 heterocycles. The molecule has 1 amide bonds. The van der Waals surface area contributed by atoms with E-state index in [0.717, 1.165) is 35.0 Å². The number of benzene rings is 2. The third-order valence-corrected chi connectivity index (χ3v) is 4.61. The van der Waals surface area contributed by atoms with Crippen LogP contribution >= 0.6 is 11.6 Å². The van der Waals surface area contributed by atoms with Crippen LogP contribution in [0.5, 0.6) is 0 Å². The van der Waals surface area contributed by atoms with E-state index in [2.05, 4.69) is 16.4 Å². The van der Waals surface area contributed by atoms with Crippen LogP contribution in [0.15, 0.2) is 54.7 Å². The first-order valence-corrected chi connectivity index (χ1v) is 7.70. The van der Waals surface area contributed by atoms with Gasteiger partial charge in [-0.1, -0.05) is 35.9 Å². The van der Waals surface area contributed by atoms with Crippen molar-refractivity contribution in [1.82, 2.24) is 4.98 Å². The molecule has 0 saturated heterocycles. The van der Waals surface area contributed by atoms with E-state index < -0.39 is 5.41 Å². The lowest BCUT2D eigenvalue weighted by Crippen LogP contribution is -2.27. The van der Waals surface area contributed by atoms with Gasteiger partial charge in [-0.3, -0.25) is 4.79 Å². The lowest BCUT2D eigenvalue weighted by atomic mass is 9.94. The fraction of sp³-hybridized carbons (Fsp3) is 0.167. The summed E-state index contributed by atoms with van der Waals surface area (Å²) in [5, 5.41) is 4.75. The molecule has 0 radical (unpaired) electrons. The number of fused-ring (bicyclic) bond motifs is 1. The number of carbonyl (C=O) groups excluding carboxylic acids is 1. The summed E-state index contributed by atoms with van der Waals surface area (Å²) in [7, 11) is 0. The molecule has 0 spiro atoms. The zero-order valence-corrected chi connectivity index (χ0v) is 12.7. The van der Waals surface area contributed by atoms with Crippen LogP contribution in [0.4, 0.5) is 5.69 Å². The highest BCUT2D eigenvalue weighted by atomic mass is 35.5. The fourth-order valence-corrected chi connectivity index (χ4v) is 3.22. The highest BCUT2D eigenvalue weighted by Crippen LogP contribution is 2.51. The molecular formula is C18H15ClN2O. The van der Waals surface area contributed by atoms with E-state index >= 15 is 0 Å². The third kappa shape index (κ3) is 2.09. The van der Waals surface area contributed by atoms with Crippen LogP contribution in [-0.2, 0) is 10.2 Å². The molecule has 0 atom stereocenters. The first-order valence-electron chi connectivity index (χ1n) is 7.33. The van der Waals surface area contributed by atoms with Gasteiger partial charge in [0.25, 0.3) is 0 Å². The van der Waals surface area contributed by atoms with Crippen molar-refractivity contribution in [1.29, 1.82) is 0 Å². The van der Waals surface area contributed by atoms with Gasteiger partial charge in [-0.15, -0.1) is 0 Å². The number of aromatic nitrogens is 1. The van der Waals surface area contributed by atoms with Gasteiger partial charge in [0.1, 0.15) is 0 Å². The monoisotopic (exact) mass is 310 g/mol. The van der Waals surface area contributed by atoms with Crippen molar-refractivity contribution in [3.8, 4) is 0 Å². The summed E-state index contributed by atoms with van der Waals surface area (Å²) < 4.78 is 0. The average Bonchev–Trinajstić information content (AvgIpc) is 3.21. The Morgan fingerprint density at radius 3 is 2.73 bits per heavy atom. The summed E-state index contributed by atoms with van der Waals surface area (Å²) in [6.07, 6.45) is 3.72. The molecule has 1 aliphatic rings. The first-order chi connectivity index (χ1) is 10.7. The van der Waals surface area contributed by atoms with Crippen LogP contribution in [0.3, 0.4) is 0 Å². The first kappa shape index (κ1) is 13.4. The van der Waals surface area contributed by atoms with Crippen LogP contribution < -0.4 is 5.32 Å². The Hall–Kier alpha value is -2.26. The number of nitrogens with one attached hydrogen (secondary N) is 2. The van der Waals surface area contributed by atoms with Gasteiger partial charge in [0, 0.05) is 27.8 Å². The van der Waals surface area contributed by atoms with Gasteiger partial charge in [0.15, 0.2) is 0 Å². The average molecular weight is 311 g/mol. The summed E-state index contributed by atoms with van der Waals surface area (Å²) in [6.45, 7) is 0. The van der Waals surface area contributed by atoms with E-state index in [1.807, 2.05) is 36.5 Å². The minimum Gasteiger partial charge on any atom is -0.361 e. The Bertz CT molecular complexity index is 864. The number of carbonyl (C=O) groups is 1. The molecular weight excluding hydrogens is 296 g/mol. The lowest BCUT2D eigenvalue weighted by molar-refractivity contribution is -0.118. The van der Waals surface area contributed by atoms with Gasteiger partial charge in [-0.2, -0.15) is 0 Å². The van der Waals surface area contributed by atoms with Gasteiger partial charge in [0.05, 0.1) is 5.41 Å². The van der Waals surface area contributed by atoms with Crippen molar-refractivity contribution in [3.63, 3.8) is 0 Å². The molecule has 1 aliphatic carbocycles. The lowest BCUT2D eigenvalue weighted by Gasteiger charge is -2.15. The summed E-state index contributed by atoms with van der Waals surface area (Å²) in [5.41, 5.74) is 2.48. The van der Waals surface area contributed by atoms with E-state index in [1.165, 1.54) is 0 Å². The number of hydrogen-bond donors (Lipinski definition) is 2. The second-order valence-corrected chi connectivity index (χ2v) is 6.23. The molecule has 4 rings (SSSR count). The van der Waals surface area contributed by atoms with Crippen LogP contribution in [0.2, 0.25) is 5.02 Å². The molecule has 3 aromatic rings. The number of anilines is 1. The maximum atomic E-state index is 12.8. The number of H-pyrrole nitrogens is 1. The minimum atomic E-state index is -0.415. The molecule has 4 heteroatoms. The highest BCUT2D eigenvalue weighted by molar-refractivity contribution is 6.30. The normalized spacial score (nSPS) is 15.7. The van der Waals surface area contributed by atoms with Crippen LogP contribution in [0.25, 0.3) is 10.9 Å². The van der Waals surface area contributed by atoms with Crippen molar-refractivity contribution in [2.24, 2.45) is 0 Å². The number of halogens is 1. The summed E-state index contributed by atoms with van der Waals surface area (Å²) >= 11 is 5.98. The highest BCUT2D eigenvalue weighted by Gasteiger charge is 2.52. The maximum Gasteiger partial charge on any atom is 0.235 e. The summed E-state index contributed by atoms with van der Waals surface area (Å²) in [6, 6.07) is 15.4. The molecule has 1 saturated carbocycles. The van der Waals surface area contributed by atoms with Gasteiger partial charge >= 0.3 is 0 Å². The van der Waals surface area contributed by atoms with Gasteiger partial charge in [-0.05, 0) is 42.7 Å². The number of amides is 1. The summed E-state index contributed by atoms with van der Waals surface area (Å²) in [4.78, 5) is 16.0. The molecule has 22 heavy (non-hydrogen) atoms. The smallest absolute Gasteiger partial charge is 0.235 e. The van der Waals surface area contributed by atoms with Crippen LogP contribution in [0.1, 0.15) is 18.4 Å². The van der Waals surface area contributed by atoms with Crippen molar-refractivity contribution in [2.75, 3.05) is 5.32 Å². The summed E-state index contributed by atoms with van der Waals surface area (Å²) in [5.74, 6) is 0.0412. The zero-order chi connectivity index (χ0) is 15.2. The van der Waals surface area contributed by atoms with Gasteiger partial charge < -0.3 is 10.3 Å². The Morgan fingerprint density at radius 1 is 1.14 bits per heavy atom. The van der Waals surface area contributed by atoms with E-state index in [4.69, 9.17) is 11.6 Å². The zero-order valence-electron chi connectivity index (χ0n) is 11.9. The van der Waals surface area contributed by atoms with Gasteiger partial charge in [-0.25, -0.2) is 0 Å². The quantitative estimate of drug-likeness (QED) is 0.735. The number of hydrogen-bond acceptors (Lipinski definition) is 1.